The van der Waals surface area contributed by atoms with Crippen molar-refractivity contribution in [2.75, 3.05) is 0 Å². The van der Waals surface area contributed by atoms with Crippen LogP contribution < -0.4 is 5.73 Å². The minimum absolute atomic E-state index is 0.184. The fourth-order valence-corrected chi connectivity index (χ4v) is 1.26. The molecule has 0 aliphatic heterocycles. The molecule has 0 saturated heterocycles. The van der Waals surface area contributed by atoms with Gasteiger partial charge in [0.05, 0.1) is 0 Å². The van der Waals surface area contributed by atoms with E-state index in [1.807, 2.05) is 12.1 Å². The van der Waals surface area contributed by atoms with Crippen LogP contribution in [0.3, 0.4) is 0 Å². The Labute approximate surface area is 85.8 Å². The highest BCUT2D eigenvalue weighted by molar-refractivity contribution is 5.27. The molecule has 0 aromatic heterocycles. The molecule has 78 valence electrons. The van der Waals surface area contributed by atoms with Crippen LogP contribution in [-0.4, -0.2) is 10.6 Å². The van der Waals surface area contributed by atoms with Gasteiger partial charge in [0.1, 0.15) is 5.75 Å². The Morgan fingerprint density at radius 2 is 1.79 bits per heavy atom. The van der Waals surface area contributed by atoms with Crippen LogP contribution in [0.4, 0.5) is 0 Å². The molecule has 0 amide bonds. The van der Waals surface area contributed by atoms with Crippen molar-refractivity contribution in [1.29, 1.82) is 0 Å². The van der Waals surface area contributed by atoms with E-state index >= 15 is 0 Å². The van der Waals surface area contributed by atoms with E-state index in [1.165, 1.54) is 5.56 Å². The van der Waals surface area contributed by atoms with E-state index in [-0.39, 0.29) is 5.54 Å². The number of aromatic hydroxyl groups is 1. The van der Waals surface area contributed by atoms with Crippen molar-refractivity contribution in [3.63, 3.8) is 0 Å². The first-order valence-corrected chi connectivity index (χ1v) is 4.98. The van der Waals surface area contributed by atoms with Crippen LogP contribution in [0.25, 0.3) is 0 Å². The van der Waals surface area contributed by atoms with Gasteiger partial charge in [-0.1, -0.05) is 26.0 Å². The van der Waals surface area contributed by atoms with Gasteiger partial charge in [0.2, 0.25) is 0 Å². The molecule has 14 heavy (non-hydrogen) atoms. The van der Waals surface area contributed by atoms with Crippen LogP contribution in [-0.2, 0) is 6.42 Å². The lowest BCUT2D eigenvalue weighted by Gasteiger charge is -2.29. The monoisotopic (exact) mass is 193 g/mol. The summed E-state index contributed by atoms with van der Waals surface area (Å²) in [4.78, 5) is 0. The summed E-state index contributed by atoms with van der Waals surface area (Å²) in [6, 6.07) is 7.24. The van der Waals surface area contributed by atoms with E-state index in [0.717, 1.165) is 6.42 Å². The predicted octanol–water partition coefficient (Wildman–Crippen LogP) is 2.31. The van der Waals surface area contributed by atoms with Crippen molar-refractivity contribution in [1.82, 2.24) is 0 Å². The van der Waals surface area contributed by atoms with Gasteiger partial charge in [0, 0.05) is 5.54 Å². The molecule has 1 atom stereocenters. The van der Waals surface area contributed by atoms with Crippen LogP contribution in [0, 0.1) is 5.92 Å². The average Bonchev–Trinajstić information content (AvgIpc) is 2.08. The van der Waals surface area contributed by atoms with Crippen LogP contribution in [0.5, 0.6) is 5.75 Å². The summed E-state index contributed by atoms with van der Waals surface area (Å²) in [6.45, 7) is 6.31. The van der Waals surface area contributed by atoms with Gasteiger partial charge in [-0.2, -0.15) is 0 Å². The minimum atomic E-state index is -0.184. The second kappa shape index (κ2) is 4.01. The van der Waals surface area contributed by atoms with E-state index in [0.29, 0.717) is 11.7 Å². The normalized spacial score (nSPS) is 15.5. The van der Waals surface area contributed by atoms with Crippen LogP contribution in [0.15, 0.2) is 24.3 Å². The third-order valence-electron chi connectivity index (χ3n) is 2.84. The molecule has 3 N–H and O–H groups in total. The molecule has 1 unspecified atom stereocenters. The highest BCUT2D eigenvalue weighted by atomic mass is 16.3. The Hall–Kier alpha value is -1.02. The maximum Gasteiger partial charge on any atom is 0.115 e. The molecule has 2 heteroatoms. The molecular weight excluding hydrogens is 174 g/mol. The zero-order chi connectivity index (χ0) is 10.8. The quantitative estimate of drug-likeness (QED) is 0.773. The van der Waals surface area contributed by atoms with Gasteiger partial charge >= 0.3 is 0 Å². The Bertz CT molecular complexity index is 288. The van der Waals surface area contributed by atoms with Gasteiger partial charge in [-0.25, -0.2) is 0 Å². The molecular formula is C12H19NO. The van der Waals surface area contributed by atoms with Gasteiger partial charge in [-0.05, 0) is 37.0 Å². The number of hydrogen-bond donors (Lipinski definition) is 2. The minimum Gasteiger partial charge on any atom is -0.508 e. The molecule has 1 rings (SSSR count). The highest BCUT2D eigenvalue weighted by Crippen LogP contribution is 2.20. The number of nitrogens with two attached hydrogens (primary N) is 1. The molecule has 0 aliphatic rings. The summed E-state index contributed by atoms with van der Waals surface area (Å²) in [5, 5.41) is 9.13. The van der Waals surface area contributed by atoms with Gasteiger partial charge in [0.25, 0.3) is 0 Å². The van der Waals surface area contributed by atoms with Crippen LogP contribution in [0.1, 0.15) is 26.3 Å². The summed E-state index contributed by atoms with van der Waals surface area (Å²) in [7, 11) is 0. The smallest absolute Gasteiger partial charge is 0.115 e. The Kier molecular flexibility index (Phi) is 3.17. The zero-order valence-electron chi connectivity index (χ0n) is 9.12. The van der Waals surface area contributed by atoms with E-state index < -0.39 is 0 Å². The average molecular weight is 193 g/mol. The summed E-state index contributed by atoms with van der Waals surface area (Å²) >= 11 is 0. The highest BCUT2D eigenvalue weighted by Gasteiger charge is 2.22. The third-order valence-corrected chi connectivity index (χ3v) is 2.84. The lowest BCUT2D eigenvalue weighted by atomic mass is 9.84. The Morgan fingerprint density at radius 1 is 1.29 bits per heavy atom. The van der Waals surface area contributed by atoms with E-state index in [2.05, 4.69) is 20.8 Å². The molecule has 0 heterocycles. The van der Waals surface area contributed by atoms with Crippen LogP contribution >= 0.6 is 0 Å². The SMILES string of the molecule is CC(C)C(C)(N)Cc1ccc(O)cc1. The summed E-state index contributed by atoms with van der Waals surface area (Å²) < 4.78 is 0. The standard InChI is InChI=1S/C12H19NO/c1-9(2)12(3,13)8-10-4-6-11(14)7-5-10/h4-7,9,14H,8,13H2,1-3H3. The predicted molar refractivity (Wildman–Crippen MR) is 59.2 cm³/mol. The molecule has 0 spiro atoms. The molecule has 0 fully saturated rings. The molecule has 1 aromatic carbocycles. The maximum atomic E-state index is 9.13. The summed E-state index contributed by atoms with van der Waals surface area (Å²) in [5.41, 5.74) is 7.15. The number of phenolic OH excluding ortho intramolecular Hbond substituents is 1. The number of phenols is 1. The second-order valence-electron chi connectivity index (χ2n) is 4.50. The molecule has 2 nitrogen and oxygen atoms in total. The topological polar surface area (TPSA) is 46.2 Å². The van der Waals surface area contributed by atoms with Crippen molar-refractivity contribution in [3.05, 3.63) is 29.8 Å². The van der Waals surface area contributed by atoms with Crippen molar-refractivity contribution < 1.29 is 5.11 Å². The van der Waals surface area contributed by atoms with Crippen molar-refractivity contribution in [2.45, 2.75) is 32.7 Å². The van der Waals surface area contributed by atoms with Crippen molar-refractivity contribution >= 4 is 0 Å². The Balaban J connectivity index is 2.74. The lowest BCUT2D eigenvalue weighted by molar-refractivity contribution is 0.337. The maximum absolute atomic E-state index is 9.13. The van der Waals surface area contributed by atoms with Gasteiger partial charge < -0.3 is 10.8 Å². The first kappa shape index (κ1) is 11.1. The third kappa shape index (κ3) is 2.74. The fraction of sp³-hybridized carbons (Fsp3) is 0.500. The fourth-order valence-electron chi connectivity index (χ4n) is 1.26. The first-order chi connectivity index (χ1) is 6.42. The molecule has 1 aromatic rings. The number of benzene rings is 1. The largest absolute Gasteiger partial charge is 0.508 e. The Morgan fingerprint density at radius 3 is 2.21 bits per heavy atom. The van der Waals surface area contributed by atoms with Gasteiger partial charge in [0.15, 0.2) is 0 Å². The molecule has 0 bridgehead atoms. The van der Waals surface area contributed by atoms with E-state index in [1.54, 1.807) is 12.1 Å². The number of rotatable bonds is 3. The zero-order valence-corrected chi connectivity index (χ0v) is 9.12. The lowest BCUT2D eigenvalue weighted by Crippen LogP contribution is -2.43. The van der Waals surface area contributed by atoms with Crippen LogP contribution in [0.2, 0.25) is 0 Å². The van der Waals surface area contributed by atoms with Crippen molar-refractivity contribution in [3.8, 4) is 5.75 Å². The molecule has 0 radical (unpaired) electrons. The summed E-state index contributed by atoms with van der Waals surface area (Å²) in [5.74, 6) is 0.744. The second-order valence-corrected chi connectivity index (χ2v) is 4.50. The van der Waals surface area contributed by atoms with E-state index in [4.69, 9.17) is 10.8 Å². The number of hydrogen-bond acceptors (Lipinski definition) is 2. The van der Waals surface area contributed by atoms with Gasteiger partial charge in [-0.15, -0.1) is 0 Å². The van der Waals surface area contributed by atoms with Gasteiger partial charge in [-0.3, -0.25) is 0 Å². The summed E-state index contributed by atoms with van der Waals surface area (Å²) in [6.07, 6.45) is 0.838. The first-order valence-electron chi connectivity index (χ1n) is 4.98. The van der Waals surface area contributed by atoms with E-state index in [9.17, 15) is 0 Å². The van der Waals surface area contributed by atoms with Crippen molar-refractivity contribution in [2.24, 2.45) is 11.7 Å². The molecule has 0 saturated carbocycles. The molecule has 0 aliphatic carbocycles.